The van der Waals surface area contributed by atoms with Gasteiger partial charge in [0.05, 0.1) is 10.4 Å². The van der Waals surface area contributed by atoms with E-state index >= 15 is 0 Å². The molecule has 0 bridgehead atoms. The van der Waals surface area contributed by atoms with Crippen LogP contribution in [0.25, 0.3) is 10.8 Å². The van der Waals surface area contributed by atoms with Crippen LogP contribution >= 0.6 is 27.3 Å². The summed E-state index contributed by atoms with van der Waals surface area (Å²) in [5.41, 5.74) is 1.82. The third-order valence-electron chi connectivity index (χ3n) is 2.64. The number of halogens is 1. The van der Waals surface area contributed by atoms with Crippen LogP contribution in [0.1, 0.15) is 4.88 Å². The van der Waals surface area contributed by atoms with Gasteiger partial charge in [-0.15, -0.1) is 11.3 Å². The largest absolute Gasteiger partial charge is 0.488 e. The molecule has 0 N–H and O–H groups in total. The number of ether oxygens (including phenoxy) is 1. The standard InChI is InChI=1S/C14H10BrNOS/c15-12-3-1-11-6-13(4-2-10(11)5-12)17-8-14-7-16-9-18-14/h1-7,9H,8H2. The summed E-state index contributed by atoms with van der Waals surface area (Å²) < 4.78 is 6.84. The molecular formula is C14H10BrNOS. The van der Waals surface area contributed by atoms with Gasteiger partial charge in [-0.05, 0) is 35.0 Å². The quantitative estimate of drug-likeness (QED) is 0.701. The Bertz CT molecular complexity index is 667. The van der Waals surface area contributed by atoms with E-state index in [1.54, 1.807) is 11.3 Å². The predicted octanol–water partition coefficient (Wildman–Crippen LogP) is 4.64. The molecule has 1 heterocycles. The number of thiazole rings is 1. The highest BCUT2D eigenvalue weighted by atomic mass is 79.9. The van der Waals surface area contributed by atoms with Crippen LogP contribution in [0.3, 0.4) is 0 Å². The summed E-state index contributed by atoms with van der Waals surface area (Å²) in [5, 5.41) is 2.38. The van der Waals surface area contributed by atoms with Crippen LogP contribution in [0.2, 0.25) is 0 Å². The molecule has 3 aromatic rings. The highest BCUT2D eigenvalue weighted by molar-refractivity contribution is 9.10. The number of hydrogen-bond acceptors (Lipinski definition) is 3. The fraction of sp³-hybridized carbons (Fsp3) is 0.0714. The minimum Gasteiger partial charge on any atom is -0.488 e. The van der Waals surface area contributed by atoms with Crippen molar-refractivity contribution >= 4 is 38.0 Å². The molecule has 0 spiro atoms. The highest BCUT2D eigenvalue weighted by Gasteiger charge is 2.00. The molecule has 0 fully saturated rings. The smallest absolute Gasteiger partial charge is 0.124 e. The van der Waals surface area contributed by atoms with Gasteiger partial charge in [-0.3, -0.25) is 4.98 Å². The molecular weight excluding hydrogens is 310 g/mol. The Hall–Kier alpha value is -1.39. The number of fused-ring (bicyclic) bond motifs is 1. The molecule has 3 rings (SSSR count). The summed E-state index contributed by atoms with van der Waals surface area (Å²) in [5.74, 6) is 0.887. The van der Waals surface area contributed by atoms with Crippen molar-refractivity contribution in [2.75, 3.05) is 0 Å². The second-order valence-electron chi connectivity index (χ2n) is 3.91. The Morgan fingerprint density at radius 3 is 2.78 bits per heavy atom. The van der Waals surface area contributed by atoms with Crippen molar-refractivity contribution in [2.45, 2.75) is 6.61 Å². The van der Waals surface area contributed by atoms with Crippen LogP contribution in [0.15, 0.2) is 52.6 Å². The summed E-state index contributed by atoms with van der Waals surface area (Å²) in [6.45, 7) is 0.576. The van der Waals surface area contributed by atoms with Crippen LogP contribution < -0.4 is 4.74 Å². The summed E-state index contributed by atoms with van der Waals surface area (Å²) in [7, 11) is 0. The van der Waals surface area contributed by atoms with E-state index in [0.29, 0.717) is 6.61 Å². The Kier molecular flexibility index (Phi) is 3.30. The van der Waals surface area contributed by atoms with E-state index in [9.17, 15) is 0 Å². The normalized spacial score (nSPS) is 10.7. The lowest BCUT2D eigenvalue weighted by Crippen LogP contribution is -1.92. The molecule has 2 aromatic carbocycles. The van der Waals surface area contributed by atoms with E-state index in [0.717, 1.165) is 15.1 Å². The number of hydrogen-bond donors (Lipinski definition) is 0. The molecule has 2 nitrogen and oxygen atoms in total. The van der Waals surface area contributed by atoms with Gasteiger partial charge in [0.25, 0.3) is 0 Å². The van der Waals surface area contributed by atoms with Crippen LogP contribution in [0.4, 0.5) is 0 Å². The maximum atomic E-state index is 5.75. The van der Waals surface area contributed by atoms with Crippen molar-refractivity contribution < 1.29 is 4.74 Å². The molecule has 4 heteroatoms. The second-order valence-corrected chi connectivity index (χ2v) is 5.80. The molecule has 0 saturated heterocycles. The number of nitrogens with zero attached hydrogens (tertiary/aromatic N) is 1. The van der Waals surface area contributed by atoms with Crippen molar-refractivity contribution in [3.8, 4) is 5.75 Å². The Morgan fingerprint density at radius 2 is 1.94 bits per heavy atom. The van der Waals surface area contributed by atoms with E-state index in [2.05, 4.69) is 45.2 Å². The zero-order chi connectivity index (χ0) is 12.4. The maximum absolute atomic E-state index is 5.75. The lowest BCUT2D eigenvalue weighted by atomic mass is 10.1. The second kappa shape index (κ2) is 5.08. The molecule has 0 atom stereocenters. The average molecular weight is 320 g/mol. The monoisotopic (exact) mass is 319 g/mol. The van der Waals surface area contributed by atoms with Crippen molar-refractivity contribution in [3.05, 3.63) is 57.5 Å². The Labute approximate surface area is 117 Å². The third kappa shape index (κ3) is 2.54. The van der Waals surface area contributed by atoms with Gasteiger partial charge in [0.15, 0.2) is 0 Å². The van der Waals surface area contributed by atoms with Gasteiger partial charge in [-0.25, -0.2) is 0 Å². The molecule has 0 unspecified atom stereocenters. The summed E-state index contributed by atoms with van der Waals surface area (Å²) in [4.78, 5) is 5.16. The molecule has 90 valence electrons. The van der Waals surface area contributed by atoms with E-state index < -0.39 is 0 Å². The zero-order valence-corrected chi connectivity index (χ0v) is 11.9. The highest BCUT2D eigenvalue weighted by Crippen LogP contribution is 2.24. The van der Waals surface area contributed by atoms with E-state index in [1.807, 2.05) is 23.8 Å². The number of aromatic nitrogens is 1. The molecule has 0 aliphatic heterocycles. The first-order valence-corrected chi connectivity index (χ1v) is 7.18. The first-order valence-electron chi connectivity index (χ1n) is 5.51. The molecule has 0 amide bonds. The summed E-state index contributed by atoms with van der Waals surface area (Å²) in [6.07, 6.45) is 1.84. The molecule has 1 aromatic heterocycles. The van der Waals surface area contributed by atoms with Crippen molar-refractivity contribution in [3.63, 3.8) is 0 Å². The molecule has 0 aliphatic rings. The first-order chi connectivity index (χ1) is 8.81. The Morgan fingerprint density at radius 1 is 1.11 bits per heavy atom. The third-order valence-corrected chi connectivity index (χ3v) is 3.88. The van der Waals surface area contributed by atoms with Gasteiger partial charge in [0, 0.05) is 10.7 Å². The van der Waals surface area contributed by atoms with Gasteiger partial charge in [-0.1, -0.05) is 28.1 Å². The van der Waals surface area contributed by atoms with E-state index in [4.69, 9.17) is 4.74 Å². The van der Waals surface area contributed by atoms with E-state index in [1.165, 1.54) is 10.8 Å². The van der Waals surface area contributed by atoms with Crippen LogP contribution in [0.5, 0.6) is 5.75 Å². The van der Waals surface area contributed by atoms with Crippen molar-refractivity contribution in [2.24, 2.45) is 0 Å². The fourth-order valence-electron chi connectivity index (χ4n) is 1.75. The first kappa shape index (κ1) is 11.7. The number of rotatable bonds is 3. The predicted molar refractivity (Wildman–Crippen MR) is 78.1 cm³/mol. The maximum Gasteiger partial charge on any atom is 0.124 e. The SMILES string of the molecule is Brc1ccc2cc(OCc3cncs3)ccc2c1. The lowest BCUT2D eigenvalue weighted by Gasteiger charge is -2.06. The van der Waals surface area contributed by atoms with Crippen molar-refractivity contribution in [1.29, 1.82) is 0 Å². The van der Waals surface area contributed by atoms with Gasteiger partial charge >= 0.3 is 0 Å². The molecule has 0 saturated carbocycles. The molecule has 0 aliphatic carbocycles. The van der Waals surface area contributed by atoms with Gasteiger partial charge in [0.1, 0.15) is 12.4 Å². The summed E-state index contributed by atoms with van der Waals surface area (Å²) in [6, 6.07) is 12.3. The topological polar surface area (TPSA) is 22.1 Å². The average Bonchev–Trinajstić information content (AvgIpc) is 2.89. The van der Waals surface area contributed by atoms with Gasteiger partial charge < -0.3 is 4.74 Å². The van der Waals surface area contributed by atoms with E-state index in [-0.39, 0.29) is 0 Å². The Balaban J connectivity index is 1.82. The van der Waals surface area contributed by atoms with Gasteiger partial charge in [0.2, 0.25) is 0 Å². The summed E-state index contributed by atoms with van der Waals surface area (Å²) >= 11 is 5.08. The van der Waals surface area contributed by atoms with Crippen molar-refractivity contribution in [1.82, 2.24) is 4.98 Å². The van der Waals surface area contributed by atoms with Crippen LogP contribution in [-0.4, -0.2) is 4.98 Å². The van der Waals surface area contributed by atoms with Crippen LogP contribution in [-0.2, 0) is 6.61 Å². The lowest BCUT2D eigenvalue weighted by molar-refractivity contribution is 0.310. The molecule has 18 heavy (non-hydrogen) atoms. The fourth-order valence-corrected chi connectivity index (χ4v) is 2.64. The zero-order valence-electron chi connectivity index (χ0n) is 9.47. The minimum atomic E-state index is 0.576. The minimum absolute atomic E-state index is 0.576. The van der Waals surface area contributed by atoms with Gasteiger partial charge in [-0.2, -0.15) is 0 Å². The van der Waals surface area contributed by atoms with Crippen LogP contribution in [0, 0.1) is 0 Å². The molecule has 0 radical (unpaired) electrons. The number of benzene rings is 2.